The summed E-state index contributed by atoms with van der Waals surface area (Å²) in [6.45, 7) is 4.89. The van der Waals surface area contributed by atoms with Crippen molar-refractivity contribution >= 4 is 11.7 Å². The molecule has 0 aliphatic rings. The Morgan fingerprint density at radius 2 is 2.05 bits per heavy atom. The molecule has 0 unspecified atom stereocenters. The van der Waals surface area contributed by atoms with E-state index in [-0.39, 0.29) is 5.97 Å². The quantitative estimate of drug-likeness (QED) is 0.579. The van der Waals surface area contributed by atoms with Crippen LogP contribution in [-0.4, -0.2) is 31.1 Å². The minimum Gasteiger partial charge on any atom is -0.469 e. The maximum atomic E-state index is 11.1. The number of carbonyl (C=O) groups excluding carboxylic acids is 1. The minimum absolute atomic E-state index is 0.143. The van der Waals surface area contributed by atoms with Gasteiger partial charge in [-0.25, -0.2) is 0 Å². The summed E-state index contributed by atoms with van der Waals surface area (Å²) in [7, 11) is 1.43. The Morgan fingerprint density at radius 3 is 2.68 bits per heavy atom. The smallest absolute Gasteiger partial charge is 0.305 e. The molecule has 0 bridgehead atoms. The number of esters is 1. The van der Waals surface area contributed by atoms with Crippen molar-refractivity contribution in [3.63, 3.8) is 0 Å². The third kappa shape index (κ3) is 5.75. The van der Waals surface area contributed by atoms with E-state index < -0.39 is 0 Å². The Labute approximate surface area is 115 Å². The number of methoxy groups -OCH3 is 1. The first kappa shape index (κ1) is 15.5. The standard InChI is InChI=1S/C15H24N2O2/c1-3-10-17(11-6-9-15(18)19-2)12-13-7-4-5-8-14(13)16/h4-5,7-8H,3,6,9-12,16H2,1-2H3. The van der Waals surface area contributed by atoms with Crippen molar-refractivity contribution in [3.8, 4) is 0 Å². The average molecular weight is 264 g/mol. The number of hydrogen-bond donors (Lipinski definition) is 1. The lowest BCUT2D eigenvalue weighted by Gasteiger charge is -2.22. The van der Waals surface area contributed by atoms with Crippen molar-refractivity contribution in [1.29, 1.82) is 0 Å². The van der Waals surface area contributed by atoms with E-state index in [0.717, 1.165) is 43.7 Å². The minimum atomic E-state index is -0.143. The van der Waals surface area contributed by atoms with Crippen LogP contribution in [0.5, 0.6) is 0 Å². The van der Waals surface area contributed by atoms with Crippen molar-refractivity contribution in [1.82, 2.24) is 4.90 Å². The molecule has 4 heteroatoms. The number of rotatable bonds is 8. The van der Waals surface area contributed by atoms with Gasteiger partial charge in [0, 0.05) is 18.7 Å². The van der Waals surface area contributed by atoms with E-state index in [0.29, 0.717) is 6.42 Å². The number of nitrogens with zero attached hydrogens (tertiary/aromatic N) is 1. The highest BCUT2D eigenvalue weighted by Crippen LogP contribution is 2.14. The predicted molar refractivity (Wildman–Crippen MR) is 77.7 cm³/mol. The Bertz CT molecular complexity index is 393. The first-order valence-corrected chi connectivity index (χ1v) is 6.80. The molecular weight excluding hydrogens is 240 g/mol. The van der Waals surface area contributed by atoms with Crippen molar-refractivity contribution in [3.05, 3.63) is 29.8 Å². The second-order valence-electron chi connectivity index (χ2n) is 4.65. The zero-order valence-corrected chi connectivity index (χ0v) is 11.9. The van der Waals surface area contributed by atoms with E-state index in [1.165, 1.54) is 7.11 Å². The zero-order valence-electron chi connectivity index (χ0n) is 11.9. The van der Waals surface area contributed by atoms with Gasteiger partial charge in [-0.2, -0.15) is 0 Å². The molecule has 0 aliphatic carbocycles. The summed E-state index contributed by atoms with van der Waals surface area (Å²) < 4.78 is 4.65. The van der Waals surface area contributed by atoms with Crippen molar-refractivity contribution in [2.45, 2.75) is 32.7 Å². The average Bonchev–Trinajstić information content (AvgIpc) is 2.41. The molecule has 0 aliphatic heterocycles. The van der Waals surface area contributed by atoms with E-state index in [9.17, 15) is 4.79 Å². The van der Waals surface area contributed by atoms with Gasteiger partial charge >= 0.3 is 5.97 Å². The number of nitrogens with two attached hydrogens (primary N) is 1. The first-order chi connectivity index (χ1) is 9.17. The van der Waals surface area contributed by atoms with Crippen LogP contribution in [0.3, 0.4) is 0 Å². The van der Waals surface area contributed by atoms with Gasteiger partial charge in [-0.3, -0.25) is 9.69 Å². The fraction of sp³-hybridized carbons (Fsp3) is 0.533. The van der Waals surface area contributed by atoms with Gasteiger partial charge < -0.3 is 10.5 Å². The molecule has 2 N–H and O–H groups in total. The third-order valence-corrected chi connectivity index (χ3v) is 3.07. The maximum absolute atomic E-state index is 11.1. The topological polar surface area (TPSA) is 55.6 Å². The van der Waals surface area contributed by atoms with Crippen molar-refractivity contribution < 1.29 is 9.53 Å². The van der Waals surface area contributed by atoms with Gasteiger partial charge in [0.15, 0.2) is 0 Å². The number of para-hydroxylation sites is 1. The molecule has 1 rings (SSSR count). The Kier molecular flexibility index (Phi) is 6.97. The Hall–Kier alpha value is -1.55. The first-order valence-electron chi connectivity index (χ1n) is 6.80. The molecule has 0 spiro atoms. The lowest BCUT2D eigenvalue weighted by Crippen LogP contribution is -2.26. The van der Waals surface area contributed by atoms with Gasteiger partial charge in [-0.1, -0.05) is 25.1 Å². The Balaban J connectivity index is 2.48. The number of carbonyl (C=O) groups is 1. The maximum Gasteiger partial charge on any atom is 0.305 e. The third-order valence-electron chi connectivity index (χ3n) is 3.07. The van der Waals surface area contributed by atoms with Crippen LogP contribution in [0, 0.1) is 0 Å². The fourth-order valence-corrected chi connectivity index (χ4v) is 2.05. The van der Waals surface area contributed by atoms with E-state index in [2.05, 4.69) is 22.6 Å². The molecule has 0 heterocycles. The summed E-state index contributed by atoms with van der Waals surface area (Å²) in [5.41, 5.74) is 7.94. The highest BCUT2D eigenvalue weighted by molar-refractivity contribution is 5.69. The highest BCUT2D eigenvalue weighted by Gasteiger charge is 2.08. The normalized spacial score (nSPS) is 10.7. The van der Waals surface area contributed by atoms with Crippen LogP contribution in [0.1, 0.15) is 31.7 Å². The van der Waals surface area contributed by atoms with Gasteiger partial charge in [0.05, 0.1) is 7.11 Å². The van der Waals surface area contributed by atoms with E-state index in [1.54, 1.807) is 0 Å². The number of hydrogen-bond acceptors (Lipinski definition) is 4. The lowest BCUT2D eigenvalue weighted by atomic mass is 10.1. The van der Waals surface area contributed by atoms with E-state index in [1.807, 2.05) is 18.2 Å². The molecular formula is C15H24N2O2. The number of benzene rings is 1. The SMILES string of the molecule is CCCN(CCCC(=O)OC)Cc1ccccc1N. The van der Waals surface area contributed by atoms with Gasteiger partial charge in [0.25, 0.3) is 0 Å². The number of anilines is 1. The summed E-state index contributed by atoms with van der Waals surface area (Å²) in [6.07, 6.45) is 2.38. The number of nitrogen functional groups attached to an aromatic ring is 1. The summed E-state index contributed by atoms with van der Waals surface area (Å²) in [5.74, 6) is -0.143. The zero-order chi connectivity index (χ0) is 14.1. The second-order valence-corrected chi connectivity index (χ2v) is 4.65. The van der Waals surface area contributed by atoms with Gasteiger partial charge in [-0.15, -0.1) is 0 Å². The van der Waals surface area contributed by atoms with Crippen LogP contribution in [0.2, 0.25) is 0 Å². The van der Waals surface area contributed by atoms with Crippen molar-refractivity contribution in [2.24, 2.45) is 0 Å². The second kappa shape index (κ2) is 8.53. The molecule has 4 nitrogen and oxygen atoms in total. The molecule has 0 saturated heterocycles. The molecule has 1 aromatic rings. The molecule has 106 valence electrons. The van der Waals surface area contributed by atoms with Crippen LogP contribution < -0.4 is 5.73 Å². The monoisotopic (exact) mass is 264 g/mol. The molecule has 0 atom stereocenters. The van der Waals surface area contributed by atoms with Gasteiger partial charge in [0.1, 0.15) is 0 Å². The number of ether oxygens (including phenoxy) is 1. The molecule has 0 fully saturated rings. The molecule has 19 heavy (non-hydrogen) atoms. The summed E-state index contributed by atoms with van der Waals surface area (Å²) in [5, 5.41) is 0. The molecule has 0 amide bonds. The van der Waals surface area contributed by atoms with Crippen molar-refractivity contribution in [2.75, 3.05) is 25.9 Å². The highest BCUT2D eigenvalue weighted by atomic mass is 16.5. The predicted octanol–water partition coefficient (Wildman–Crippen LogP) is 2.43. The van der Waals surface area contributed by atoms with Crippen LogP contribution in [0.25, 0.3) is 0 Å². The summed E-state index contributed by atoms with van der Waals surface area (Å²) >= 11 is 0. The van der Waals surface area contributed by atoms with E-state index in [4.69, 9.17) is 5.73 Å². The van der Waals surface area contributed by atoms with E-state index >= 15 is 0 Å². The van der Waals surface area contributed by atoms with Crippen LogP contribution >= 0.6 is 0 Å². The largest absolute Gasteiger partial charge is 0.469 e. The summed E-state index contributed by atoms with van der Waals surface area (Å²) in [6, 6.07) is 7.93. The fourth-order valence-electron chi connectivity index (χ4n) is 2.05. The van der Waals surface area contributed by atoms with Crippen LogP contribution in [0.15, 0.2) is 24.3 Å². The molecule has 1 aromatic carbocycles. The molecule has 0 radical (unpaired) electrons. The lowest BCUT2D eigenvalue weighted by molar-refractivity contribution is -0.140. The molecule has 0 aromatic heterocycles. The Morgan fingerprint density at radius 1 is 1.32 bits per heavy atom. The summed E-state index contributed by atoms with van der Waals surface area (Å²) in [4.78, 5) is 13.4. The van der Waals surface area contributed by atoms with Crippen LogP contribution in [0.4, 0.5) is 5.69 Å². The van der Waals surface area contributed by atoms with Crippen LogP contribution in [-0.2, 0) is 16.1 Å². The van der Waals surface area contributed by atoms with Gasteiger partial charge in [0.2, 0.25) is 0 Å². The molecule has 0 saturated carbocycles. The van der Waals surface area contributed by atoms with Gasteiger partial charge in [-0.05, 0) is 37.6 Å².